The fraction of sp³-hybridized carbons (Fsp3) is 0.444. The quantitative estimate of drug-likeness (QED) is 0.801. The maximum Gasteiger partial charge on any atom is 0.323 e. The van der Waals surface area contributed by atoms with E-state index in [1.54, 1.807) is 6.33 Å². The van der Waals surface area contributed by atoms with Crippen molar-refractivity contribution in [3.8, 4) is 5.69 Å². The monoisotopic (exact) mass is 358 g/mol. The standard InChI is InChI=1S/C18H22N4O4/c23-17(21(12-18(24)25)15-8-10-26-11-9-15)7-6-16-20-19-13-22(16)14-4-2-1-3-5-14/h1-5,13,15H,6-12H2,(H,24,25). The van der Waals surface area contributed by atoms with Crippen LogP contribution in [0.1, 0.15) is 25.1 Å². The van der Waals surface area contributed by atoms with Crippen LogP contribution in [0.4, 0.5) is 0 Å². The number of ether oxygens (including phenoxy) is 1. The number of carbonyl (C=O) groups is 2. The topological polar surface area (TPSA) is 97.5 Å². The molecule has 0 radical (unpaired) electrons. The summed E-state index contributed by atoms with van der Waals surface area (Å²) < 4.78 is 7.15. The molecule has 3 rings (SSSR count). The van der Waals surface area contributed by atoms with Crippen molar-refractivity contribution < 1.29 is 19.4 Å². The zero-order chi connectivity index (χ0) is 18.4. The van der Waals surface area contributed by atoms with Crippen LogP contribution < -0.4 is 0 Å². The third-order valence-corrected chi connectivity index (χ3v) is 4.47. The van der Waals surface area contributed by atoms with Gasteiger partial charge in [0.1, 0.15) is 18.7 Å². The van der Waals surface area contributed by atoms with E-state index >= 15 is 0 Å². The summed E-state index contributed by atoms with van der Waals surface area (Å²) in [5, 5.41) is 17.2. The summed E-state index contributed by atoms with van der Waals surface area (Å²) in [7, 11) is 0. The summed E-state index contributed by atoms with van der Waals surface area (Å²) in [6.45, 7) is 0.821. The lowest BCUT2D eigenvalue weighted by atomic mass is 10.1. The fourth-order valence-corrected chi connectivity index (χ4v) is 3.16. The van der Waals surface area contributed by atoms with E-state index in [0.717, 1.165) is 5.69 Å². The van der Waals surface area contributed by atoms with Gasteiger partial charge in [-0.1, -0.05) is 18.2 Å². The SMILES string of the molecule is O=C(O)CN(C(=O)CCc1nncn1-c1ccccc1)C1CCOCC1. The van der Waals surface area contributed by atoms with Crippen LogP contribution in [0.15, 0.2) is 36.7 Å². The van der Waals surface area contributed by atoms with Crippen molar-refractivity contribution in [1.82, 2.24) is 19.7 Å². The Labute approximate surface area is 151 Å². The summed E-state index contributed by atoms with van der Waals surface area (Å²) in [5.74, 6) is -0.508. The first-order valence-electron chi connectivity index (χ1n) is 8.68. The van der Waals surface area contributed by atoms with Gasteiger partial charge in [-0.05, 0) is 25.0 Å². The van der Waals surface area contributed by atoms with E-state index in [0.29, 0.717) is 38.3 Å². The molecule has 138 valence electrons. The minimum absolute atomic E-state index is 0.0839. The van der Waals surface area contributed by atoms with Crippen LogP contribution in [-0.2, 0) is 20.7 Å². The van der Waals surface area contributed by atoms with Crippen LogP contribution >= 0.6 is 0 Å². The second kappa shape index (κ2) is 8.57. The van der Waals surface area contributed by atoms with Crippen molar-refractivity contribution in [1.29, 1.82) is 0 Å². The number of benzene rings is 1. The predicted octanol–water partition coefficient (Wildman–Crippen LogP) is 1.29. The molecular formula is C18H22N4O4. The molecule has 2 heterocycles. The molecule has 1 aromatic heterocycles. The molecule has 8 heteroatoms. The highest BCUT2D eigenvalue weighted by molar-refractivity contribution is 5.81. The van der Waals surface area contributed by atoms with Gasteiger partial charge in [0.05, 0.1) is 0 Å². The minimum Gasteiger partial charge on any atom is -0.480 e. The van der Waals surface area contributed by atoms with Gasteiger partial charge < -0.3 is 14.7 Å². The van der Waals surface area contributed by atoms with Gasteiger partial charge in [-0.15, -0.1) is 10.2 Å². The van der Waals surface area contributed by atoms with Crippen molar-refractivity contribution in [3.63, 3.8) is 0 Å². The Balaban J connectivity index is 1.67. The number of carbonyl (C=O) groups excluding carboxylic acids is 1. The number of aliphatic carboxylic acids is 1. The molecule has 8 nitrogen and oxygen atoms in total. The Morgan fingerprint density at radius 2 is 1.96 bits per heavy atom. The lowest BCUT2D eigenvalue weighted by Crippen LogP contribution is -2.46. The highest BCUT2D eigenvalue weighted by Gasteiger charge is 2.27. The molecule has 0 atom stereocenters. The number of nitrogens with zero attached hydrogens (tertiary/aromatic N) is 4. The molecule has 1 N–H and O–H groups in total. The van der Waals surface area contributed by atoms with Crippen molar-refractivity contribution in [2.45, 2.75) is 31.7 Å². The van der Waals surface area contributed by atoms with E-state index in [4.69, 9.17) is 9.84 Å². The zero-order valence-corrected chi connectivity index (χ0v) is 14.5. The smallest absolute Gasteiger partial charge is 0.323 e. The van der Waals surface area contributed by atoms with Gasteiger partial charge in [0.25, 0.3) is 0 Å². The average molecular weight is 358 g/mol. The van der Waals surface area contributed by atoms with Crippen molar-refractivity contribution in [2.75, 3.05) is 19.8 Å². The van der Waals surface area contributed by atoms with Crippen LogP contribution in [0.5, 0.6) is 0 Å². The molecular weight excluding hydrogens is 336 g/mol. The molecule has 1 amide bonds. The third-order valence-electron chi connectivity index (χ3n) is 4.47. The van der Waals surface area contributed by atoms with Gasteiger partial charge in [-0.3, -0.25) is 14.2 Å². The van der Waals surface area contributed by atoms with E-state index < -0.39 is 5.97 Å². The summed E-state index contributed by atoms with van der Waals surface area (Å²) in [6.07, 6.45) is 3.53. The molecule has 26 heavy (non-hydrogen) atoms. The normalized spacial score (nSPS) is 14.9. The van der Waals surface area contributed by atoms with Gasteiger partial charge in [0.2, 0.25) is 5.91 Å². The van der Waals surface area contributed by atoms with Crippen molar-refractivity contribution in [3.05, 3.63) is 42.5 Å². The maximum atomic E-state index is 12.7. The Morgan fingerprint density at radius 3 is 2.65 bits per heavy atom. The Kier molecular flexibility index (Phi) is 5.96. The van der Waals surface area contributed by atoms with Gasteiger partial charge in [0, 0.05) is 37.8 Å². The van der Waals surface area contributed by atoms with E-state index in [1.807, 2.05) is 34.9 Å². The van der Waals surface area contributed by atoms with Crippen LogP contribution in [-0.4, -0.2) is 62.4 Å². The summed E-state index contributed by atoms with van der Waals surface area (Å²) >= 11 is 0. The summed E-state index contributed by atoms with van der Waals surface area (Å²) in [6, 6.07) is 9.56. The second-order valence-electron chi connectivity index (χ2n) is 6.21. The number of rotatable bonds is 7. The fourth-order valence-electron chi connectivity index (χ4n) is 3.16. The Hall–Kier alpha value is -2.74. The first kappa shape index (κ1) is 18.1. The van der Waals surface area contributed by atoms with Gasteiger partial charge in [-0.25, -0.2) is 0 Å². The number of hydrogen-bond donors (Lipinski definition) is 1. The number of carboxylic acid groups (broad SMARTS) is 1. The maximum absolute atomic E-state index is 12.7. The average Bonchev–Trinajstić information content (AvgIpc) is 3.14. The third kappa shape index (κ3) is 4.45. The molecule has 0 spiro atoms. The minimum atomic E-state index is -1.00. The zero-order valence-electron chi connectivity index (χ0n) is 14.5. The first-order valence-corrected chi connectivity index (χ1v) is 8.68. The van der Waals surface area contributed by atoms with Gasteiger partial charge >= 0.3 is 5.97 Å². The summed E-state index contributed by atoms with van der Waals surface area (Å²) in [5.41, 5.74) is 0.923. The van der Waals surface area contributed by atoms with Crippen LogP contribution in [0.2, 0.25) is 0 Å². The Bertz CT molecular complexity index is 741. The number of para-hydroxylation sites is 1. The second-order valence-corrected chi connectivity index (χ2v) is 6.21. The lowest BCUT2D eigenvalue weighted by molar-refractivity contribution is -0.147. The first-order chi connectivity index (χ1) is 12.6. The number of hydrogen-bond acceptors (Lipinski definition) is 5. The molecule has 1 aromatic carbocycles. The molecule has 0 saturated carbocycles. The molecule has 0 unspecified atom stereocenters. The lowest BCUT2D eigenvalue weighted by Gasteiger charge is -2.33. The Morgan fingerprint density at radius 1 is 1.23 bits per heavy atom. The highest BCUT2D eigenvalue weighted by atomic mass is 16.5. The molecule has 1 fully saturated rings. The van der Waals surface area contributed by atoms with Crippen molar-refractivity contribution >= 4 is 11.9 Å². The predicted molar refractivity (Wildman–Crippen MR) is 92.9 cm³/mol. The van der Waals surface area contributed by atoms with E-state index in [9.17, 15) is 9.59 Å². The largest absolute Gasteiger partial charge is 0.480 e. The molecule has 0 bridgehead atoms. The van der Waals surface area contributed by atoms with E-state index in [1.165, 1.54) is 4.90 Å². The highest BCUT2D eigenvalue weighted by Crippen LogP contribution is 2.17. The van der Waals surface area contributed by atoms with Gasteiger partial charge in [0.15, 0.2) is 0 Å². The number of amides is 1. The number of aryl methyl sites for hydroxylation is 1. The molecule has 2 aromatic rings. The molecule has 1 aliphatic rings. The van der Waals surface area contributed by atoms with Gasteiger partial charge in [-0.2, -0.15) is 0 Å². The van der Waals surface area contributed by atoms with E-state index in [2.05, 4.69) is 10.2 Å². The molecule has 1 aliphatic heterocycles. The molecule has 1 saturated heterocycles. The van der Waals surface area contributed by atoms with Crippen LogP contribution in [0.25, 0.3) is 5.69 Å². The summed E-state index contributed by atoms with van der Waals surface area (Å²) in [4.78, 5) is 25.3. The number of aromatic nitrogens is 3. The van der Waals surface area contributed by atoms with E-state index in [-0.39, 0.29) is 24.9 Å². The van der Waals surface area contributed by atoms with Crippen LogP contribution in [0, 0.1) is 0 Å². The van der Waals surface area contributed by atoms with Crippen LogP contribution in [0.3, 0.4) is 0 Å². The number of carboxylic acids is 1. The molecule has 0 aliphatic carbocycles. The van der Waals surface area contributed by atoms with Crippen molar-refractivity contribution in [2.24, 2.45) is 0 Å².